The Morgan fingerprint density at radius 1 is 1.25 bits per heavy atom. The highest BCUT2D eigenvalue weighted by molar-refractivity contribution is 5.71. The molecule has 0 aromatic heterocycles. The van der Waals surface area contributed by atoms with Crippen molar-refractivity contribution in [2.24, 2.45) is 0 Å². The van der Waals surface area contributed by atoms with Gasteiger partial charge >= 0.3 is 5.97 Å². The monoisotopic (exact) mass is 168 g/mol. The van der Waals surface area contributed by atoms with Gasteiger partial charge in [-0.3, -0.25) is 4.79 Å². The van der Waals surface area contributed by atoms with Crippen LogP contribution in [0.15, 0.2) is 24.3 Å². The van der Waals surface area contributed by atoms with Gasteiger partial charge in [-0.2, -0.15) is 0 Å². The Bertz CT molecular complexity index is 169. The molecule has 0 radical (unpaired) electrons. The molecule has 0 saturated heterocycles. The molecule has 0 amide bonds. The largest absolute Gasteiger partial charge is 0.466 e. The van der Waals surface area contributed by atoms with Crippen LogP contribution in [0.3, 0.4) is 0 Å². The van der Waals surface area contributed by atoms with Crippen LogP contribution in [-0.2, 0) is 9.53 Å². The molecule has 0 aliphatic carbocycles. The number of carbonyl (C=O) groups is 1. The molecule has 0 spiro atoms. The molecule has 0 aliphatic heterocycles. The second kappa shape index (κ2) is 8.05. The highest BCUT2D eigenvalue weighted by atomic mass is 16.5. The molecule has 0 saturated carbocycles. The van der Waals surface area contributed by atoms with E-state index in [0.717, 1.165) is 6.42 Å². The van der Waals surface area contributed by atoms with Gasteiger partial charge in [0.25, 0.3) is 0 Å². The summed E-state index contributed by atoms with van der Waals surface area (Å²) in [6, 6.07) is 0. The second-order valence-corrected chi connectivity index (χ2v) is 2.27. The Hall–Kier alpha value is -1.05. The van der Waals surface area contributed by atoms with Gasteiger partial charge < -0.3 is 4.74 Å². The molecule has 2 heteroatoms. The first-order valence-corrected chi connectivity index (χ1v) is 4.28. The van der Waals surface area contributed by atoms with E-state index in [1.165, 1.54) is 0 Å². The SMILES string of the molecule is CC/C=C\C=C\CC(=O)OCC. The topological polar surface area (TPSA) is 26.3 Å². The minimum absolute atomic E-state index is 0.168. The fourth-order valence-electron chi connectivity index (χ4n) is 0.677. The fourth-order valence-corrected chi connectivity index (χ4v) is 0.677. The Morgan fingerprint density at radius 2 is 1.92 bits per heavy atom. The van der Waals surface area contributed by atoms with Gasteiger partial charge in [0.15, 0.2) is 0 Å². The van der Waals surface area contributed by atoms with E-state index in [4.69, 9.17) is 4.74 Å². The molecule has 0 bridgehead atoms. The maximum absolute atomic E-state index is 10.8. The number of carbonyl (C=O) groups excluding carboxylic acids is 1. The third-order valence-electron chi connectivity index (χ3n) is 1.21. The fraction of sp³-hybridized carbons (Fsp3) is 0.500. The zero-order valence-corrected chi connectivity index (χ0v) is 7.75. The number of allylic oxidation sites excluding steroid dienone is 3. The molecule has 0 aliphatic rings. The van der Waals surface area contributed by atoms with E-state index in [0.29, 0.717) is 13.0 Å². The molecule has 0 fully saturated rings. The van der Waals surface area contributed by atoms with Crippen LogP contribution in [-0.4, -0.2) is 12.6 Å². The van der Waals surface area contributed by atoms with Crippen LogP contribution in [0.25, 0.3) is 0 Å². The normalized spacial score (nSPS) is 11.2. The number of hydrogen-bond donors (Lipinski definition) is 0. The lowest BCUT2D eigenvalue weighted by molar-refractivity contribution is -0.142. The van der Waals surface area contributed by atoms with Gasteiger partial charge in [-0.15, -0.1) is 0 Å². The van der Waals surface area contributed by atoms with E-state index in [9.17, 15) is 4.79 Å². The van der Waals surface area contributed by atoms with Gasteiger partial charge in [0.2, 0.25) is 0 Å². The predicted molar refractivity (Wildman–Crippen MR) is 49.8 cm³/mol. The Morgan fingerprint density at radius 3 is 2.50 bits per heavy atom. The Labute approximate surface area is 73.9 Å². The van der Waals surface area contributed by atoms with Crippen molar-refractivity contribution in [2.45, 2.75) is 26.7 Å². The first-order chi connectivity index (χ1) is 5.81. The summed E-state index contributed by atoms with van der Waals surface area (Å²) in [6.07, 6.45) is 9.00. The summed E-state index contributed by atoms with van der Waals surface area (Å²) in [5, 5.41) is 0. The van der Waals surface area contributed by atoms with Crippen molar-refractivity contribution in [3.8, 4) is 0 Å². The van der Waals surface area contributed by atoms with Crippen molar-refractivity contribution in [3.05, 3.63) is 24.3 Å². The van der Waals surface area contributed by atoms with Crippen molar-refractivity contribution in [1.82, 2.24) is 0 Å². The molecule has 68 valence electrons. The Balaban J connectivity index is 3.46. The molecular formula is C10H16O2. The molecule has 0 aromatic carbocycles. The van der Waals surface area contributed by atoms with Crippen LogP contribution in [0.4, 0.5) is 0 Å². The minimum atomic E-state index is -0.168. The van der Waals surface area contributed by atoms with Crippen molar-refractivity contribution >= 4 is 5.97 Å². The molecule has 0 heterocycles. The number of hydrogen-bond acceptors (Lipinski definition) is 2. The molecule has 2 nitrogen and oxygen atoms in total. The van der Waals surface area contributed by atoms with Crippen molar-refractivity contribution in [3.63, 3.8) is 0 Å². The van der Waals surface area contributed by atoms with Crippen molar-refractivity contribution < 1.29 is 9.53 Å². The highest BCUT2D eigenvalue weighted by Crippen LogP contribution is 1.89. The lowest BCUT2D eigenvalue weighted by Gasteiger charge is -1.95. The van der Waals surface area contributed by atoms with E-state index in [2.05, 4.69) is 6.92 Å². The first kappa shape index (κ1) is 11.0. The van der Waals surface area contributed by atoms with Gasteiger partial charge in [-0.1, -0.05) is 31.2 Å². The highest BCUT2D eigenvalue weighted by Gasteiger charge is 1.94. The average molecular weight is 168 g/mol. The molecular weight excluding hydrogens is 152 g/mol. The lowest BCUT2D eigenvalue weighted by Crippen LogP contribution is -2.01. The van der Waals surface area contributed by atoms with Crippen LogP contribution in [0.1, 0.15) is 26.7 Å². The first-order valence-electron chi connectivity index (χ1n) is 4.28. The molecule has 0 atom stereocenters. The van der Waals surface area contributed by atoms with Gasteiger partial charge in [0, 0.05) is 0 Å². The standard InChI is InChI=1S/C10H16O2/c1-3-5-6-7-8-9-10(11)12-4-2/h5-8H,3-4,9H2,1-2H3/b6-5-,8-7+. The predicted octanol–water partition coefficient (Wildman–Crippen LogP) is 2.46. The van der Waals surface area contributed by atoms with Gasteiger partial charge in [-0.05, 0) is 13.3 Å². The summed E-state index contributed by atoms with van der Waals surface area (Å²) in [5.74, 6) is -0.168. The van der Waals surface area contributed by atoms with Crippen molar-refractivity contribution in [2.75, 3.05) is 6.61 Å². The van der Waals surface area contributed by atoms with E-state index in [1.54, 1.807) is 13.0 Å². The van der Waals surface area contributed by atoms with Crippen LogP contribution >= 0.6 is 0 Å². The van der Waals surface area contributed by atoms with Gasteiger partial charge in [0.05, 0.1) is 13.0 Å². The number of ether oxygens (including phenoxy) is 1. The quantitative estimate of drug-likeness (QED) is 0.465. The molecule has 0 unspecified atom stereocenters. The summed E-state index contributed by atoms with van der Waals surface area (Å²) in [7, 11) is 0. The zero-order chi connectivity index (χ0) is 9.23. The van der Waals surface area contributed by atoms with E-state index < -0.39 is 0 Å². The molecule has 0 rings (SSSR count). The molecule has 0 N–H and O–H groups in total. The molecule has 0 aromatic rings. The van der Waals surface area contributed by atoms with Crippen LogP contribution in [0, 0.1) is 0 Å². The van der Waals surface area contributed by atoms with Crippen molar-refractivity contribution in [1.29, 1.82) is 0 Å². The zero-order valence-electron chi connectivity index (χ0n) is 7.75. The lowest BCUT2D eigenvalue weighted by atomic mass is 10.3. The third-order valence-corrected chi connectivity index (χ3v) is 1.21. The van der Waals surface area contributed by atoms with E-state index in [-0.39, 0.29) is 5.97 Å². The van der Waals surface area contributed by atoms with Crippen LogP contribution in [0.5, 0.6) is 0 Å². The molecule has 12 heavy (non-hydrogen) atoms. The summed E-state index contributed by atoms with van der Waals surface area (Å²) in [6.45, 7) is 4.33. The Kier molecular flexibility index (Phi) is 7.35. The van der Waals surface area contributed by atoms with Gasteiger partial charge in [0.1, 0.15) is 0 Å². The summed E-state index contributed by atoms with van der Waals surface area (Å²) in [5.41, 5.74) is 0. The summed E-state index contributed by atoms with van der Waals surface area (Å²) in [4.78, 5) is 10.8. The van der Waals surface area contributed by atoms with E-state index in [1.807, 2.05) is 18.2 Å². The maximum atomic E-state index is 10.8. The number of esters is 1. The van der Waals surface area contributed by atoms with Crippen LogP contribution in [0.2, 0.25) is 0 Å². The summed E-state index contributed by atoms with van der Waals surface area (Å²) >= 11 is 0. The third kappa shape index (κ3) is 7.06. The maximum Gasteiger partial charge on any atom is 0.309 e. The smallest absolute Gasteiger partial charge is 0.309 e. The average Bonchev–Trinajstić information content (AvgIpc) is 2.05. The van der Waals surface area contributed by atoms with Gasteiger partial charge in [-0.25, -0.2) is 0 Å². The van der Waals surface area contributed by atoms with Crippen LogP contribution < -0.4 is 0 Å². The number of rotatable bonds is 5. The second-order valence-electron chi connectivity index (χ2n) is 2.27. The van der Waals surface area contributed by atoms with E-state index >= 15 is 0 Å². The summed E-state index contributed by atoms with van der Waals surface area (Å²) < 4.78 is 4.73. The minimum Gasteiger partial charge on any atom is -0.466 e.